The minimum atomic E-state index is 0. The summed E-state index contributed by atoms with van der Waals surface area (Å²) in [7, 11) is 1.63. The van der Waals surface area contributed by atoms with E-state index in [1.165, 1.54) is 11.1 Å². The van der Waals surface area contributed by atoms with Gasteiger partial charge in [-0.25, -0.2) is 5.43 Å². The third-order valence-corrected chi connectivity index (χ3v) is 2.51. The Morgan fingerprint density at radius 1 is 1.31 bits per heavy atom. The van der Waals surface area contributed by atoms with Gasteiger partial charge in [0.15, 0.2) is 0 Å². The van der Waals surface area contributed by atoms with E-state index in [4.69, 9.17) is 5.73 Å². The Labute approximate surface area is 101 Å². The average Bonchev–Trinajstić information content (AvgIpc) is 2.69. The van der Waals surface area contributed by atoms with Crippen molar-refractivity contribution in [2.24, 2.45) is 15.8 Å². The molecule has 4 nitrogen and oxygen atoms in total. The van der Waals surface area contributed by atoms with Crippen molar-refractivity contribution in [1.29, 1.82) is 0 Å². The summed E-state index contributed by atoms with van der Waals surface area (Å²) in [5.74, 6) is 0.340. The van der Waals surface area contributed by atoms with Crippen LogP contribution in [-0.4, -0.2) is 18.7 Å². The highest BCUT2D eigenvalue weighted by Gasteiger charge is 2.16. The second kappa shape index (κ2) is 5.51. The minimum Gasteiger partial charge on any atom is -0.369 e. The molecule has 86 valence electrons. The molecule has 0 amide bonds. The maximum Gasteiger partial charge on any atom is 0.209 e. The van der Waals surface area contributed by atoms with Crippen molar-refractivity contribution in [2.75, 3.05) is 7.05 Å². The number of benzene rings is 1. The molecular formula is C11H15ClN4. The summed E-state index contributed by atoms with van der Waals surface area (Å²) in [4.78, 5) is 3.78. The van der Waals surface area contributed by atoms with Crippen LogP contribution in [0.25, 0.3) is 0 Å². The van der Waals surface area contributed by atoms with Gasteiger partial charge in [0.25, 0.3) is 0 Å². The van der Waals surface area contributed by atoms with Gasteiger partial charge < -0.3 is 5.73 Å². The summed E-state index contributed by atoms with van der Waals surface area (Å²) in [5, 5.41) is 4.25. The van der Waals surface area contributed by atoms with Crippen LogP contribution >= 0.6 is 12.4 Å². The molecule has 5 heteroatoms. The quantitative estimate of drug-likeness (QED) is 0.440. The molecule has 0 radical (unpaired) electrons. The maximum atomic E-state index is 5.50. The van der Waals surface area contributed by atoms with Crippen LogP contribution in [0.1, 0.15) is 17.5 Å². The first kappa shape index (κ1) is 12.5. The highest BCUT2D eigenvalue weighted by molar-refractivity contribution is 6.04. The van der Waals surface area contributed by atoms with Crippen LogP contribution < -0.4 is 11.2 Å². The molecule has 1 aliphatic carbocycles. The number of hydrogen-bond donors (Lipinski definition) is 2. The van der Waals surface area contributed by atoms with Gasteiger partial charge in [0.1, 0.15) is 0 Å². The van der Waals surface area contributed by atoms with Gasteiger partial charge in [-0.3, -0.25) is 4.99 Å². The first-order valence-corrected chi connectivity index (χ1v) is 4.94. The van der Waals surface area contributed by atoms with Crippen LogP contribution in [0, 0.1) is 0 Å². The molecule has 0 unspecified atom stereocenters. The van der Waals surface area contributed by atoms with Gasteiger partial charge >= 0.3 is 0 Å². The average molecular weight is 239 g/mol. The maximum absolute atomic E-state index is 5.50. The molecule has 0 atom stereocenters. The van der Waals surface area contributed by atoms with E-state index in [0.29, 0.717) is 5.96 Å². The number of nitrogens with zero attached hydrogens (tertiary/aromatic N) is 2. The fraction of sp³-hybridized carbons (Fsp3) is 0.273. The zero-order chi connectivity index (χ0) is 10.7. The molecule has 0 aliphatic heterocycles. The van der Waals surface area contributed by atoms with Crippen molar-refractivity contribution in [2.45, 2.75) is 12.8 Å². The second-order valence-corrected chi connectivity index (χ2v) is 3.44. The summed E-state index contributed by atoms with van der Waals surface area (Å²) < 4.78 is 0. The van der Waals surface area contributed by atoms with Crippen molar-refractivity contribution in [3.8, 4) is 0 Å². The number of hydrazone groups is 1. The van der Waals surface area contributed by atoms with Crippen LogP contribution in [0.5, 0.6) is 0 Å². The van der Waals surface area contributed by atoms with E-state index < -0.39 is 0 Å². The Morgan fingerprint density at radius 2 is 2.06 bits per heavy atom. The summed E-state index contributed by atoms with van der Waals surface area (Å²) in [6, 6.07) is 8.30. The van der Waals surface area contributed by atoms with Crippen molar-refractivity contribution in [1.82, 2.24) is 5.43 Å². The lowest BCUT2D eigenvalue weighted by Gasteiger charge is -2.01. The van der Waals surface area contributed by atoms with Gasteiger partial charge in [-0.1, -0.05) is 24.3 Å². The van der Waals surface area contributed by atoms with Gasteiger partial charge in [0, 0.05) is 12.6 Å². The lowest BCUT2D eigenvalue weighted by atomic mass is 10.1. The Balaban J connectivity index is 0.00000128. The fourth-order valence-electron chi connectivity index (χ4n) is 1.70. The summed E-state index contributed by atoms with van der Waals surface area (Å²) in [5.41, 5.74) is 11.9. The molecule has 2 rings (SSSR count). The van der Waals surface area contributed by atoms with Crippen LogP contribution in [0.2, 0.25) is 0 Å². The van der Waals surface area contributed by atoms with E-state index in [9.17, 15) is 0 Å². The third-order valence-electron chi connectivity index (χ3n) is 2.51. The van der Waals surface area contributed by atoms with Crippen molar-refractivity contribution < 1.29 is 0 Å². The lowest BCUT2D eigenvalue weighted by Crippen LogP contribution is -2.27. The molecule has 0 heterocycles. The van der Waals surface area contributed by atoms with Gasteiger partial charge in [0.05, 0.1) is 5.71 Å². The fourth-order valence-corrected chi connectivity index (χ4v) is 1.70. The van der Waals surface area contributed by atoms with Gasteiger partial charge in [-0.2, -0.15) is 5.10 Å². The Morgan fingerprint density at radius 3 is 2.81 bits per heavy atom. The SMILES string of the molecule is CN=C(N)N/N=C1\CCc2ccccc21.Cl. The Hall–Kier alpha value is -1.55. The van der Waals surface area contributed by atoms with E-state index in [2.05, 4.69) is 33.7 Å². The number of guanidine groups is 1. The molecule has 1 aromatic carbocycles. The molecule has 1 aromatic rings. The molecular weight excluding hydrogens is 224 g/mol. The molecule has 0 bridgehead atoms. The van der Waals surface area contributed by atoms with Gasteiger partial charge in [-0.15, -0.1) is 12.4 Å². The number of nitrogens with one attached hydrogen (secondary N) is 1. The standard InChI is InChI=1S/C11H14N4.ClH/c1-13-11(12)15-14-10-7-6-8-4-2-3-5-9(8)10;/h2-5H,6-7H2,1H3,(H3,12,13,15);1H/b14-10+;. The molecule has 0 saturated heterocycles. The van der Waals surface area contributed by atoms with Crippen LogP contribution in [0.15, 0.2) is 34.4 Å². The number of aliphatic imine (C=N–C) groups is 1. The molecule has 0 aromatic heterocycles. The summed E-state index contributed by atoms with van der Waals surface area (Å²) in [6.07, 6.45) is 2.02. The smallest absolute Gasteiger partial charge is 0.209 e. The van der Waals surface area contributed by atoms with E-state index in [-0.39, 0.29) is 12.4 Å². The first-order valence-electron chi connectivity index (χ1n) is 4.94. The van der Waals surface area contributed by atoms with Crippen molar-refractivity contribution in [3.63, 3.8) is 0 Å². The highest BCUT2D eigenvalue weighted by Crippen LogP contribution is 2.21. The Kier molecular flexibility index (Phi) is 4.31. The topological polar surface area (TPSA) is 62.8 Å². The predicted octanol–water partition coefficient (Wildman–Crippen LogP) is 1.29. The third kappa shape index (κ3) is 2.52. The van der Waals surface area contributed by atoms with Crippen LogP contribution in [0.3, 0.4) is 0 Å². The largest absolute Gasteiger partial charge is 0.369 e. The summed E-state index contributed by atoms with van der Waals surface area (Å²) >= 11 is 0. The number of nitrogens with two attached hydrogens (primary N) is 1. The molecule has 3 N–H and O–H groups in total. The van der Waals surface area contributed by atoms with Crippen LogP contribution in [0.4, 0.5) is 0 Å². The van der Waals surface area contributed by atoms with Crippen LogP contribution in [-0.2, 0) is 6.42 Å². The number of fused-ring (bicyclic) bond motifs is 1. The second-order valence-electron chi connectivity index (χ2n) is 3.44. The molecule has 1 aliphatic rings. The molecule has 0 spiro atoms. The number of rotatable bonds is 1. The zero-order valence-corrected chi connectivity index (χ0v) is 9.92. The highest BCUT2D eigenvalue weighted by atomic mass is 35.5. The lowest BCUT2D eigenvalue weighted by molar-refractivity contribution is 0.981. The molecule has 0 fully saturated rings. The molecule has 0 saturated carbocycles. The molecule has 16 heavy (non-hydrogen) atoms. The van der Waals surface area contributed by atoms with Crippen molar-refractivity contribution >= 4 is 24.1 Å². The number of hydrogen-bond acceptors (Lipinski definition) is 2. The Bertz CT molecular complexity index is 426. The monoisotopic (exact) mass is 238 g/mol. The number of aryl methyl sites for hydroxylation is 1. The predicted molar refractivity (Wildman–Crippen MR) is 69.2 cm³/mol. The summed E-state index contributed by atoms with van der Waals surface area (Å²) in [6.45, 7) is 0. The van der Waals surface area contributed by atoms with E-state index in [0.717, 1.165) is 18.6 Å². The minimum absolute atomic E-state index is 0. The van der Waals surface area contributed by atoms with E-state index in [1.54, 1.807) is 7.05 Å². The van der Waals surface area contributed by atoms with E-state index in [1.807, 2.05) is 6.07 Å². The normalized spacial score (nSPS) is 16.8. The van der Waals surface area contributed by atoms with E-state index >= 15 is 0 Å². The first-order chi connectivity index (χ1) is 7.31. The number of halogens is 1. The van der Waals surface area contributed by atoms with Crippen molar-refractivity contribution in [3.05, 3.63) is 35.4 Å². The van der Waals surface area contributed by atoms with Gasteiger partial charge in [-0.05, 0) is 18.4 Å². The zero-order valence-electron chi connectivity index (χ0n) is 9.10. The van der Waals surface area contributed by atoms with Gasteiger partial charge in [0.2, 0.25) is 5.96 Å².